The van der Waals surface area contributed by atoms with Crippen molar-refractivity contribution in [3.8, 4) is 0 Å². The summed E-state index contributed by atoms with van der Waals surface area (Å²) in [6.07, 6.45) is 4.50. The molecule has 54 valence electrons. The highest BCUT2D eigenvalue weighted by atomic mass is 16.5. The Morgan fingerprint density at radius 3 is 1.56 bits per heavy atom. The van der Waals surface area contributed by atoms with Gasteiger partial charge >= 0.3 is 0 Å². The van der Waals surface area contributed by atoms with Gasteiger partial charge in [-0.15, -0.1) is 0 Å². The number of hydrogen-bond acceptors (Lipinski definition) is 2. The molecule has 2 aliphatic rings. The third-order valence-corrected chi connectivity index (χ3v) is 1.20. The standard InChI is InChI=1S/C4H9NO.C3H6/c1-3-6-4-2-5-1;1-2-3-1/h5H,1-4H2;1-3H2. The molecule has 1 heterocycles. The van der Waals surface area contributed by atoms with E-state index in [0.717, 1.165) is 26.3 Å². The summed E-state index contributed by atoms with van der Waals surface area (Å²) in [5, 5.41) is 3.16. The lowest BCUT2D eigenvalue weighted by molar-refractivity contribution is 0.109. The van der Waals surface area contributed by atoms with E-state index in [1.807, 2.05) is 0 Å². The number of ether oxygens (including phenoxy) is 1. The summed E-state index contributed by atoms with van der Waals surface area (Å²) in [5.41, 5.74) is 0. The summed E-state index contributed by atoms with van der Waals surface area (Å²) in [6.45, 7) is 3.83. The van der Waals surface area contributed by atoms with Crippen LogP contribution in [0.15, 0.2) is 0 Å². The van der Waals surface area contributed by atoms with E-state index in [4.69, 9.17) is 4.74 Å². The molecule has 1 saturated heterocycles. The molecule has 2 nitrogen and oxygen atoms in total. The van der Waals surface area contributed by atoms with Crippen molar-refractivity contribution < 1.29 is 4.74 Å². The van der Waals surface area contributed by atoms with E-state index in [2.05, 4.69) is 5.32 Å². The zero-order valence-electron chi connectivity index (χ0n) is 5.86. The van der Waals surface area contributed by atoms with Crippen LogP contribution < -0.4 is 5.32 Å². The first kappa shape index (κ1) is 7.03. The molecule has 0 aromatic heterocycles. The molecule has 0 amide bonds. The first-order valence-corrected chi connectivity index (χ1v) is 3.78. The number of rotatable bonds is 0. The first-order valence-electron chi connectivity index (χ1n) is 3.78. The summed E-state index contributed by atoms with van der Waals surface area (Å²) >= 11 is 0. The predicted molar refractivity (Wildman–Crippen MR) is 37.5 cm³/mol. The first-order chi connectivity index (χ1) is 4.50. The van der Waals surface area contributed by atoms with E-state index in [0.29, 0.717) is 0 Å². The van der Waals surface area contributed by atoms with E-state index < -0.39 is 0 Å². The van der Waals surface area contributed by atoms with Crippen LogP contribution in [0.4, 0.5) is 0 Å². The van der Waals surface area contributed by atoms with Crippen LogP contribution in [0.5, 0.6) is 0 Å². The summed E-state index contributed by atoms with van der Waals surface area (Å²) in [7, 11) is 0. The third kappa shape index (κ3) is 5.80. The Balaban J connectivity index is 0.000000112. The van der Waals surface area contributed by atoms with Crippen LogP contribution in [0.25, 0.3) is 0 Å². The van der Waals surface area contributed by atoms with Crippen molar-refractivity contribution in [1.82, 2.24) is 5.32 Å². The quantitative estimate of drug-likeness (QED) is 0.522. The molecule has 2 fully saturated rings. The minimum absolute atomic E-state index is 0.889. The monoisotopic (exact) mass is 129 g/mol. The Morgan fingerprint density at radius 2 is 1.44 bits per heavy atom. The molecular weight excluding hydrogens is 114 g/mol. The second-order valence-corrected chi connectivity index (χ2v) is 2.42. The van der Waals surface area contributed by atoms with Gasteiger partial charge in [-0.2, -0.15) is 0 Å². The van der Waals surface area contributed by atoms with Crippen LogP contribution in [0.1, 0.15) is 19.3 Å². The lowest BCUT2D eigenvalue weighted by Gasteiger charge is -2.10. The molecule has 0 radical (unpaired) electrons. The summed E-state index contributed by atoms with van der Waals surface area (Å²) in [4.78, 5) is 0. The lowest BCUT2D eigenvalue weighted by atomic mass is 10.5. The van der Waals surface area contributed by atoms with Crippen molar-refractivity contribution >= 4 is 0 Å². The normalized spacial score (nSPS) is 24.0. The van der Waals surface area contributed by atoms with Crippen LogP contribution in [-0.4, -0.2) is 26.3 Å². The zero-order chi connectivity index (χ0) is 6.36. The molecule has 2 rings (SSSR count). The van der Waals surface area contributed by atoms with Crippen molar-refractivity contribution in [3.63, 3.8) is 0 Å². The maximum atomic E-state index is 5.01. The molecule has 0 aromatic carbocycles. The van der Waals surface area contributed by atoms with Gasteiger partial charge in [0.2, 0.25) is 0 Å². The second kappa shape index (κ2) is 4.77. The Kier molecular flexibility index (Phi) is 3.72. The average Bonchev–Trinajstić information content (AvgIpc) is 2.76. The molecule has 0 bridgehead atoms. The van der Waals surface area contributed by atoms with Crippen molar-refractivity contribution in [2.24, 2.45) is 0 Å². The van der Waals surface area contributed by atoms with Gasteiger partial charge in [0.05, 0.1) is 13.2 Å². The molecule has 1 N–H and O–H groups in total. The maximum absolute atomic E-state index is 5.01. The summed E-state index contributed by atoms with van der Waals surface area (Å²) in [5.74, 6) is 0. The Morgan fingerprint density at radius 1 is 0.889 bits per heavy atom. The second-order valence-electron chi connectivity index (χ2n) is 2.42. The SMILES string of the molecule is C1CC1.C1COCCN1. The molecule has 1 aliphatic carbocycles. The highest BCUT2D eigenvalue weighted by Gasteiger charge is 1.95. The van der Waals surface area contributed by atoms with E-state index in [1.165, 1.54) is 19.3 Å². The van der Waals surface area contributed by atoms with Gasteiger partial charge in [0.25, 0.3) is 0 Å². The fraction of sp³-hybridized carbons (Fsp3) is 1.00. The third-order valence-electron chi connectivity index (χ3n) is 1.20. The minimum atomic E-state index is 0.889. The van der Waals surface area contributed by atoms with Gasteiger partial charge in [0.1, 0.15) is 0 Å². The van der Waals surface area contributed by atoms with Crippen molar-refractivity contribution in [3.05, 3.63) is 0 Å². The van der Waals surface area contributed by atoms with E-state index >= 15 is 0 Å². The van der Waals surface area contributed by atoms with E-state index in [-0.39, 0.29) is 0 Å². The van der Waals surface area contributed by atoms with Gasteiger partial charge in [0, 0.05) is 13.1 Å². The van der Waals surface area contributed by atoms with Gasteiger partial charge in [-0.25, -0.2) is 0 Å². The van der Waals surface area contributed by atoms with E-state index in [9.17, 15) is 0 Å². The molecular formula is C7H15NO. The van der Waals surface area contributed by atoms with Gasteiger partial charge in [-0.1, -0.05) is 19.3 Å². The summed E-state index contributed by atoms with van der Waals surface area (Å²) < 4.78 is 5.01. The van der Waals surface area contributed by atoms with Crippen LogP contribution in [0.2, 0.25) is 0 Å². The Labute approximate surface area is 56.6 Å². The predicted octanol–water partition coefficient (Wildman–Crippen LogP) is 0.776. The van der Waals surface area contributed by atoms with Crippen molar-refractivity contribution in [1.29, 1.82) is 0 Å². The van der Waals surface area contributed by atoms with Crippen LogP contribution >= 0.6 is 0 Å². The summed E-state index contributed by atoms with van der Waals surface area (Å²) in [6, 6.07) is 0. The van der Waals surface area contributed by atoms with Crippen LogP contribution in [-0.2, 0) is 4.74 Å². The maximum Gasteiger partial charge on any atom is 0.0591 e. The highest BCUT2D eigenvalue weighted by Crippen LogP contribution is 2.14. The Bertz CT molecular complexity index is 45.7. The lowest BCUT2D eigenvalue weighted by Crippen LogP contribution is -2.30. The number of hydrogen-bond donors (Lipinski definition) is 1. The van der Waals surface area contributed by atoms with Crippen LogP contribution in [0.3, 0.4) is 0 Å². The molecule has 0 spiro atoms. The molecule has 0 aromatic rings. The minimum Gasteiger partial charge on any atom is -0.379 e. The van der Waals surface area contributed by atoms with Crippen molar-refractivity contribution in [2.45, 2.75) is 19.3 Å². The van der Waals surface area contributed by atoms with Gasteiger partial charge in [-0.05, 0) is 0 Å². The van der Waals surface area contributed by atoms with E-state index in [1.54, 1.807) is 0 Å². The Hall–Kier alpha value is -0.0800. The highest BCUT2D eigenvalue weighted by molar-refractivity contribution is 4.50. The number of morpholine rings is 1. The fourth-order valence-corrected chi connectivity index (χ4v) is 0.516. The molecule has 2 heteroatoms. The molecule has 9 heavy (non-hydrogen) atoms. The molecule has 1 aliphatic heterocycles. The fourth-order valence-electron chi connectivity index (χ4n) is 0.516. The molecule has 0 atom stereocenters. The molecule has 1 saturated carbocycles. The van der Waals surface area contributed by atoms with Gasteiger partial charge in [0.15, 0.2) is 0 Å². The van der Waals surface area contributed by atoms with Crippen molar-refractivity contribution in [2.75, 3.05) is 26.3 Å². The van der Waals surface area contributed by atoms with Gasteiger partial charge < -0.3 is 10.1 Å². The zero-order valence-corrected chi connectivity index (χ0v) is 5.86. The average molecular weight is 129 g/mol. The topological polar surface area (TPSA) is 21.3 Å². The largest absolute Gasteiger partial charge is 0.379 e. The molecule has 0 unspecified atom stereocenters. The van der Waals surface area contributed by atoms with Crippen LogP contribution in [0, 0.1) is 0 Å². The number of nitrogens with one attached hydrogen (secondary N) is 1. The smallest absolute Gasteiger partial charge is 0.0591 e. The van der Waals surface area contributed by atoms with Gasteiger partial charge in [-0.3, -0.25) is 0 Å².